The number of carbonyl (C=O) groups excluding carboxylic acids is 2. The molecule has 0 aliphatic rings. The average molecular weight is 678 g/mol. The summed E-state index contributed by atoms with van der Waals surface area (Å²) in [6.45, 7) is 1.21. The van der Waals surface area contributed by atoms with Gasteiger partial charge >= 0.3 is 11.9 Å². The second kappa shape index (κ2) is 27.6. The zero-order valence-electron chi connectivity index (χ0n) is 20.4. The minimum absolute atomic E-state index is 0.0468. The number of alkyl halides is 2. The van der Waals surface area contributed by atoms with Crippen LogP contribution in [0, 0.1) is 0 Å². The number of hydrogen-bond acceptors (Lipinski definition) is 4. The monoisotopic (exact) mass is 678 g/mol. The van der Waals surface area contributed by atoms with Crippen molar-refractivity contribution in [2.45, 2.75) is 128 Å². The smallest absolute Gasteiger partial charge is 0.306 e. The van der Waals surface area contributed by atoms with Crippen molar-refractivity contribution in [2.75, 3.05) is 22.1 Å². The number of ether oxygens (including phenoxy) is 2. The highest BCUT2D eigenvalue weighted by atomic mass is 127. The molecule has 190 valence electrons. The van der Waals surface area contributed by atoms with Crippen molar-refractivity contribution in [1.82, 2.24) is 0 Å². The van der Waals surface area contributed by atoms with Gasteiger partial charge in [0.1, 0.15) is 0 Å². The number of esters is 2. The van der Waals surface area contributed by atoms with Gasteiger partial charge in [0.15, 0.2) is 0 Å². The predicted molar refractivity (Wildman–Crippen MR) is 152 cm³/mol. The third-order valence-corrected chi connectivity index (χ3v) is 6.74. The lowest BCUT2D eigenvalue weighted by molar-refractivity contribution is -0.144. The van der Waals surface area contributed by atoms with Crippen molar-refractivity contribution in [3.8, 4) is 0 Å². The molecule has 0 amide bonds. The Balaban J connectivity index is 3.08. The van der Waals surface area contributed by atoms with Gasteiger partial charge in [-0.05, 0) is 12.8 Å². The number of carbonyl (C=O) groups is 2. The zero-order valence-corrected chi connectivity index (χ0v) is 24.7. The van der Waals surface area contributed by atoms with E-state index in [0.29, 0.717) is 26.1 Å². The van der Waals surface area contributed by atoms with Crippen LogP contribution < -0.4 is 0 Å². The van der Waals surface area contributed by atoms with Crippen molar-refractivity contribution in [2.24, 2.45) is 0 Å². The van der Waals surface area contributed by atoms with E-state index in [1.807, 2.05) is 0 Å². The highest BCUT2D eigenvalue weighted by Gasteiger charge is 2.01. The number of rotatable bonds is 25. The van der Waals surface area contributed by atoms with Gasteiger partial charge in [0.25, 0.3) is 0 Å². The lowest BCUT2D eigenvalue weighted by Gasteiger charge is -2.05. The second-order valence-electron chi connectivity index (χ2n) is 8.68. The first-order valence-corrected chi connectivity index (χ1v) is 16.2. The first-order valence-electron chi connectivity index (χ1n) is 13.1. The Bertz CT molecular complexity index is 381. The van der Waals surface area contributed by atoms with Gasteiger partial charge in [0, 0.05) is 8.86 Å². The summed E-state index contributed by atoms with van der Waals surface area (Å²) in [6.07, 6.45) is 24.5. The third-order valence-electron chi connectivity index (χ3n) is 5.66. The molecule has 0 fully saturated rings. The molecule has 0 saturated heterocycles. The van der Waals surface area contributed by atoms with E-state index in [4.69, 9.17) is 9.47 Å². The summed E-state index contributed by atoms with van der Waals surface area (Å²) in [5, 5.41) is 0. The van der Waals surface area contributed by atoms with E-state index in [1.165, 1.54) is 103 Å². The van der Waals surface area contributed by atoms with E-state index in [-0.39, 0.29) is 11.9 Å². The fourth-order valence-corrected chi connectivity index (χ4v) is 4.58. The molecule has 0 aromatic carbocycles. The van der Waals surface area contributed by atoms with E-state index in [1.54, 1.807) is 0 Å². The minimum atomic E-state index is -0.0468. The Labute approximate surface area is 225 Å². The van der Waals surface area contributed by atoms with E-state index in [9.17, 15) is 9.59 Å². The van der Waals surface area contributed by atoms with Crippen LogP contribution in [-0.4, -0.2) is 34.0 Å². The van der Waals surface area contributed by atoms with Gasteiger partial charge in [-0.3, -0.25) is 9.59 Å². The second-order valence-corrected chi connectivity index (χ2v) is 10.8. The Morgan fingerprint density at radius 3 is 0.844 bits per heavy atom. The standard InChI is InChI=1S/C26H48I2O4/c27-21-19-25(29)31-23-17-15-13-11-9-7-5-3-1-2-4-6-8-10-12-14-16-18-24-32-26(30)20-22-28/h1-24H2. The van der Waals surface area contributed by atoms with Crippen LogP contribution in [0.4, 0.5) is 0 Å². The molecule has 0 heterocycles. The molecule has 0 aromatic rings. The summed E-state index contributed by atoms with van der Waals surface area (Å²) in [4.78, 5) is 22.5. The number of hydrogen-bond donors (Lipinski definition) is 0. The van der Waals surface area contributed by atoms with Crippen molar-refractivity contribution in [1.29, 1.82) is 0 Å². The van der Waals surface area contributed by atoms with Crippen LogP contribution in [0.3, 0.4) is 0 Å². The lowest BCUT2D eigenvalue weighted by atomic mass is 10.0. The van der Waals surface area contributed by atoms with Crippen molar-refractivity contribution >= 4 is 57.1 Å². The molecule has 0 aliphatic carbocycles. The summed E-state index contributed by atoms with van der Waals surface area (Å²) >= 11 is 4.41. The Morgan fingerprint density at radius 1 is 0.406 bits per heavy atom. The molecule has 0 aromatic heterocycles. The van der Waals surface area contributed by atoms with Crippen molar-refractivity contribution in [3.63, 3.8) is 0 Å². The predicted octanol–water partition coefficient (Wildman–Crippen LogP) is 8.74. The van der Waals surface area contributed by atoms with Crippen LogP contribution in [0.15, 0.2) is 0 Å². The quantitative estimate of drug-likeness (QED) is 0.0420. The van der Waals surface area contributed by atoms with Crippen LogP contribution in [-0.2, 0) is 19.1 Å². The topological polar surface area (TPSA) is 52.6 Å². The van der Waals surface area contributed by atoms with Crippen molar-refractivity contribution in [3.05, 3.63) is 0 Å². The molecule has 32 heavy (non-hydrogen) atoms. The fraction of sp³-hybridized carbons (Fsp3) is 0.923. The molecule has 4 nitrogen and oxygen atoms in total. The van der Waals surface area contributed by atoms with Gasteiger partial charge in [-0.2, -0.15) is 0 Å². The van der Waals surface area contributed by atoms with Gasteiger partial charge in [0.2, 0.25) is 0 Å². The van der Waals surface area contributed by atoms with Crippen LogP contribution in [0.5, 0.6) is 0 Å². The van der Waals surface area contributed by atoms with Gasteiger partial charge in [0.05, 0.1) is 26.1 Å². The molecule has 0 N–H and O–H groups in total. The van der Waals surface area contributed by atoms with E-state index < -0.39 is 0 Å². The third kappa shape index (κ3) is 26.7. The van der Waals surface area contributed by atoms with Crippen LogP contribution in [0.2, 0.25) is 0 Å². The SMILES string of the molecule is O=C(CCI)OCCCCCCCCCCCCCCCCCCCCOC(=O)CCI. The normalized spacial score (nSPS) is 10.9. The van der Waals surface area contributed by atoms with Crippen LogP contribution in [0.1, 0.15) is 128 Å². The van der Waals surface area contributed by atoms with Crippen molar-refractivity contribution < 1.29 is 19.1 Å². The Morgan fingerprint density at radius 2 is 0.625 bits per heavy atom. The number of unbranched alkanes of at least 4 members (excludes halogenated alkanes) is 17. The summed E-state index contributed by atoms with van der Waals surface area (Å²) in [5.74, 6) is -0.0937. The van der Waals surface area contributed by atoms with Crippen LogP contribution in [0.25, 0.3) is 0 Å². The van der Waals surface area contributed by atoms with Gasteiger partial charge in [-0.1, -0.05) is 148 Å². The molecule has 0 bridgehead atoms. The Hall–Kier alpha value is 0.400. The lowest BCUT2D eigenvalue weighted by Crippen LogP contribution is -2.05. The molecular weight excluding hydrogens is 630 g/mol. The molecular formula is C26H48I2O4. The van der Waals surface area contributed by atoms with Gasteiger partial charge in [-0.25, -0.2) is 0 Å². The Kier molecular flexibility index (Phi) is 28.0. The van der Waals surface area contributed by atoms with E-state index in [2.05, 4.69) is 45.2 Å². The molecule has 0 radical (unpaired) electrons. The fourth-order valence-electron chi connectivity index (χ4n) is 3.70. The van der Waals surface area contributed by atoms with E-state index >= 15 is 0 Å². The molecule has 0 rings (SSSR count). The average Bonchev–Trinajstić information content (AvgIpc) is 2.77. The summed E-state index contributed by atoms with van der Waals surface area (Å²) in [7, 11) is 0. The van der Waals surface area contributed by atoms with Crippen LogP contribution >= 0.6 is 45.2 Å². The molecule has 0 unspecified atom stereocenters. The van der Waals surface area contributed by atoms with Gasteiger partial charge in [-0.15, -0.1) is 0 Å². The first-order chi connectivity index (χ1) is 15.7. The molecule has 0 atom stereocenters. The maximum Gasteiger partial charge on any atom is 0.306 e. The molecule has 0 spiro atoms. The largest absolute Gasteiger partial charge is 0.466 e. The summed E-state index contributed by atoms with van der Waals surface area (Å²) in [5.41, 5.74) is 0. The molecule has 6 heteroatoms. The summed E-state index contributed by atoms with van der Waals surface area (Å²) < 4.78 is 12.0. The highest BCUT2D eigenvalue weighted by molar-refractivity contribution is 14.1. The molecule has 0 saturated carbocycles. The maximum atomic E-state index is 11.2. The zero-order chi connectivity index (χ0) is 23.5. The van der Waals surface area contributed by atoms with E-state index in [0.717, 1.165) is 21.7 Å². The summed E-state index contributed by atoms with van der Waals surface area (Å²) in [6, 6.07) is 0. The highest BCUT2D eigenvalue weighted by Crippen LogP contribution is 2.14. The first kappa shape index (κ1) is 32.4. The van der Waals surface area contributed by atoms with Gasteiger partial charge < -0.3 is 9.47 Å². The number of halogens is 2. The molecule has 0 aliphatic heterocycles. The minimum Gasteiger partial charge on any atom is -0.466 e. The maximum absolute atomic E-state index is 11.2.